The summed E-state index contributed by atoms with van der Waals surface area (Å²) in [5.41, 5.74) is 2.46. The van der Waals surface area contributed by atoms with Crippen LogP contribution in [-0.2, 0) is 19.6 Å². The Morgan fingerprint density at radius 3 is 2.21 bits per heavy atom. The highest BCUT2D eigenvalue weighted by Gasteiger charge is 2.28. The van der Waals surface area contributed by atoms with E-state index in [2.05, 4.69) is 5.32 Å². The van der Waals surface area contributed by atoms with Crippen molar-refractivity contribution in [3.8, 4) is 0 Å². The second-order valence-electron chi connectivity index (χ2n) is 7.43. The van der Waals surface area contributed by atoms with Crippen LogP contribution in [0.3, 0.4) is 0 Å². The average Bonchev–Trinajstić information content (AvgIpc) is 2.79. The molecule has 1 amide bonds. The van der Waals surface area contributed by atoms with E-state index >= 15 is 0 Å². The summed E-state index contributed by atoms with van der Waals surface area (Å²) in [7, 11) is -4.03. The molecule has 0 unspecified atom stereocenters. The molecule has 0 aliphatic carbocycles. The predicted molar refractivity (Wildman–Crippen MR) is 128 cm³/mol. The summed E-state index contributed by atoms with van der Waals surface area (Å²) in [5.74, 6) is -1.16. The number of nitrogens with zero attached hydrogens (tertiary/aromatic N) is 1. The number of para-hydroxylation sites is 2. The van der Waals surface area contributed by atoms with E-state index in [-0.39, 0.29) is 22.8 Å². The molecule has 3 aromatic rings. The minimum atomic E-state index is -4.03. The van der Waals surface area contributed by atoms with Gasteiger partial charge < -0.3 is 10.1 Å². The Bertz CT molecular complexity index is 1250. The first-order valence-corrected chi connectivity index (χ1v) is 11.9. The van der Waals surface area contributed by atoms with Crippen molar-refractivity contribution in [1.29, 1.82) is 0 Å². The molecule has 172 valence electrons. The van der Waals surface area contributed by atoms with Gasteiger partial charge in [-0.1, -0.05) is 48.0 Å². The molecule has 0 saturated heterocycles. The molecule has 3 aromatic carbocycles. The first kappa shape index (κ1) is 24.0. The topological polar surface area (TPSA) is 92.8 Å². The normalized spacial score (nSPS) is 11.0. The maximum absolute atomic E-state index is 13.5. The predicted octanol–water partition coefficient (Wildman–Crippen LogP) is 4.31. The molecular weight excluding hydrogens is 440 g/mol. The molecule has 0 spiro atoms. The lowest BCUT2D eigenvalue weighted by atomic mass is 10.1. The van der Waals surface area contributed by atoms with Crippen molar-refractivity contribution in [2.75, 3.05) is 22.8 Å². The molecule has 0 fully saturated rings. The number of carbonyl (C=O) groups is 2. The molecule has 0 aliphatic heterocycles. The summed E-state index contributed by atoms with van der Waals surface area (Å²) in [6, 6.07) is 19.8. The summed E-state index contributed by atoms with van der Waals surface area (Å²) < 4.78 is 33.2. The van der Waals surface area contributed by atoms with E-state index in [1.165, 1.54) is 18.2 Å². The summed E-state index contributed by atoms with van der Waals surface area (Å²) in [4.78, 5) is 25.3. The van der Waals surface area contributed by atoms with Gasteiger partial charge in [0.15, 0.2) is 0 Å². The van der Waals surface area contributed by atoms with Crippen LogP contribution in [0, 0.1) is 13.8 Å². The van der Waals surface area contributed by atoms with Gasteiger partial charge in [-0.15, -0.1) is 0 Å². The van der Waals surface area contributed by atoms with E-state index in [1.807, 2.05) is 6.92 Å². The lowest BCUT2D eigenvalue weighted by Crippen LogP contribution is -2.38. The zero-order valence-electron chi connectivity index (χ0n) is 18.7. The number of amides is 1. The number of benzene rings is 3. The maximum atomic E-state index is 13.5. The largest absolute Gasteiger partial charge is 0.462 e. The molecule has 0 atom stereocenters. The Hall–Kier alpha value is -3.65. The van der Waals surface area contributed by atoms with Gasteiger partial charge in [0.2, 0.25) is 5.91 Å². The van der Waals surface area contributed by atoms with Gasteiger partial charge in [0.05, 0.1) is 28.4 Å². The van der Waals surface area contributed by atoms with Crippen molar-refractivity contribution in [2.24, 2.45) is 0 Å². The Balaban J connectivity index is 1.95. The average molecular weight is 467 g/mol. The Labute approximate surface area is 194 Å². The number of hydrogen-bond donors (Lipinski definition) is 1. The first-order valence-electron chi connectivity index (χ1n) is 10.4. The Kier molecular flexibility index (Phi) is 7.50. The molecule has 1 N–H and O–H groups in total. The van der Waals surface area contributed by atoms with Crippen LogP contribution in [0.25, 0.3) is 0 Å². The monoisotopic (exact) mass is 466 g/mol. The number of esters is 1. The third-order valence-corrected chi connectivity index (χ3v) is 6.75. The fourth-order valence-electron chi connectivity index (χ4n) is 3.28. The number of carbonyl (C=O) groups excluding carboxylic acids is 2. The standard InChI is InChI=1S/C25H26N2O5S/c1-4-32-25(29)21-10-6-7-11-22(21)26-24(28)17-27(23-12-8-5-9-19(23)3)33(30,31)20-15-13-18(2)14-16-20/h5-16H,4,17H2,1-3H3,(H,26,28). The highest BCUT2D eigenvalue weighted by molar-refractivity contribution is 7.92. The van der Waals surface area contributed by atoms with Gasteiger partial charge >= 0.3 is 5.97 Å². The second-order valence-corrected chi connectivity index (χ2v) is 9.29. The van der Waals surface area contributed by atoms with E-state index in [1.54, 1.807) is 68.4 Å². The molecule has 7 nitrogen and oxygen atoms in total. The molecule has 0 radical (unpaired) electrons. The summed E-state index contributed by atoms with van der Waals surface area (Å²) in [5, 5.41) is 2.66. The van der Waals surface area contributed by atoms with Crippen LogP contribution in [-0.4, -0.2) is 33.4 Å². The van der Waals surface area contributed by atoms with Gasteiger partial charge in [0.1, 0.15) is 6.54 Å². The second kappa shape index (κ2) is 10.3. The molecule has 8 heteroatoms. The summed E-state index contributed by atoms with van der Waals surface area (Å²) >= 11 is 0. The Morgan fingerprint density at radius 1 is 0.909 bits per heavy atom. The molecule has 3 rings (SSSR count). The van der Waals surface area contributed by atoms with Gasteiger partial charge in [-0.25, -0.2) is 13.2 Å². The maximum Gasteiger partial charge on any atom is 0.340 e. The van der Waals surface area contributed by atoms with Gasteiger partial charge in [0.25, 0.3) is 10.0 Å². The van der Waals surface area contributed by atoms with E-state index in [0.717, 1.165) is 9.87 Å². The van der Waals surface area contributed by atoms with Crippen LogP contribution in [0.4, 0.5) is 11.4 Å². The molecule has 0 heterocycles. The lowest BCUT2D eigenvalue weighted by molar-refractivity contribution is -0.114. The fourth-order valence-corrected chi connectivity index (χ4v) is 4.76. The molecule has 0 bridgehead atoms. The lowest BCUT2D eigenvalue weighted by Gasteiger charge is -2.25. The van der Waals surface area contributed by atoms with E-state index in [4.69, 9.17) is 4.74 Å². The van der Waals surface area contributed by atoms with Crippen molar-refractivity contribution in [1.82, 2.24) is 0 Å². The van der Waals surface area contributed by atoms with Crippen LogP contribution in [0.1, 0.15) is 28.4 Å². The summed E-state index contributed by atoms with van der Waals surface area (Å²) in [6.45, 7) is 5.05. The fraction of sp³-hybridized carbons (Fsp3) is 0.200. The summed E-state index contributed by atoms with van der Waals surface area (Å²) in [6.07, 6.45) is 0. The SMILES string of the molecule is CCOC(=O)c1ccccc1NC(=O)CN(c1ccccc1C)S(=O)(=O)c1ccc(C)cc1. The zero-order chi connectivity index (χ0) is 24.0. The number of anilines is 2. The number of rotatable bonds is 8. The zero-order valence-corrected chi connectivity index (χ0v) is 19.6. The number of sulfonamides is 1. The number of nitrogens with one attached hydrogen (secondary N) is 1. The first-order chi connectivity index (χ1) is 15.7. The van der Waals surface area contributed by atoms with Crippen molar-refractivity contribution in [3.63, 3.8) is 0 Å². The number of ether oxygens (including phenoxy) is 1. The van der Waals surface area contributed by atoms with Crippen molar-refractivity contribution >= 4 is 33.3 Å². The van der Waals surface area contributed by atoms with Crippen LogP contribution in [0.15, 0.2) is 77.7 Å². The van der Waals surface area contributed by atoms with Gasteiger partial charge in [-0.3, -0.25) is 9.10 Å². The van der Waals surface area contributed by atoms with Crippen LogP contribution in [0.5, 0.6) is 0 Å². The van der Waals surface area contributed by atoms with E-state index in [0.29, 0.717) is 11.3 Å². The molecular formula is C25H26N2O5S. The highest BCUT2D eigenvalue weighted by Crippen LogP contribution is 2.27. The van der Waals surface area contributed by atoms with Gasteiger partial charge in [-0.2, -0.15) is 0 Å². The third-order valence-electron chi connectivity index (χ3n) is 4.98. The van der Waals surface area contributed by atoms with Gasteiger partial charge in [-0.05, 0) is 56.7 Å². The Morgan fingerprint density at radius 2 is 1.55 bits per heavy atom. The number of aryl methyl sites for hydroxylation is 2. The van der Waals surface area contributed by atoms with Crippen molar-refractivity contribution in [2.45, 2.75) is 25.7 Å². The van der Waals surface area contributed by atoms with Crippen molar-refractivity contribution < 1.29 is 22.7 Å². The van der Waals surface area contributed by atoms with Crippen LogP contribution < -0.4 is 9.62 Å². The van der Waals surface area contributed by atoms with Crippen LogP contribution in [0.2, 0.25) is 0 Å². The quantitative estimate of drug-likeness (QED) is 0.499. The van der Waals surface area contributed by atoms with Gasteiger partial charge in [0, 0.05) is 0 Å². The van der Waals surface area contributed by atoms with Crippen molar-refractivity contribution in [3.05, 3.63) is 89.5 Å². The minimum absolute atomic E-state index is 0.0797. The van der Waals surface area contributed by atoms with E-state index in [9.17, 15) is 18.0 Å². The highest BCUT2D eigenvalue weighted by atomic mass is 32.2. The molecule has 0 aliphatic rings. The molecule has 0 aromatic heterocycles. The smallest absolute Gasteiger partial charge is 0.340 e. The minimum Gasteiger partial charge on any atom is -0.462 e. The van der Waals surface area contributed by atoms with Crippen LogP contribution >= 0.6 is 0 Å². The van der Waals surface area contributed by atoms with E-state index < -0.39 is 28.4 Å². The molecule has 33 heavy (non-hydrogen) atoms. The third kappa shape index (κ3) is 5.59. The molecule has 0 saturated carbocycles. The number of hydrogen-bond acceptors (Lipinski definition) is 5.